The van der Waals surface area contributed by atoms with Gasteiger partial charge in [-0.25, -0.2) is 17.8 Å². The fourth-order valence-corrected chi connectivity index (χ4v) is 3.76. The van der Waals surface area contributed by atoms with Gasteiger partial charge in [-0.3, -0.25) is 0 Å². The van der Waals surface area contributed by atoms with Gasteiger partial charge >= 0.3 is 0 Å². The minimum atomic E-state index is -3.77. The second kappa shape index (κ2) is 6.58. The number of fused-ring (bicyclic) bond motifs is 1. The molecule has 0 aliphatic carbocycles. The van der Waals surface area contributed by atoms with E-state index in [4.69, 9.17) is 4.74 Å². The average molecular weight is 347 g/mol. The average Bonchev–Trinajstić information content (AvgIpc) is 3.03. The Morgan fingerprint density at radius 3 is 2.62 bits per heavy atom. The molecule has 0 amide bonds. The van der Waals surface area contributed by atoms with E-state index < -0.39 is 16.1 Å². The number of hydrogen-bond acceptors (Lipinski definition) is 6. The second-order valence-corrected chi connectivity index (χ2v) is 6.92. The lowest BCUT2D eigenvalue weighted by Gasteiger charge is -2.15. The highest BCUT2D eigenvalue weighted by Gasteiger charge is 2.22. The molecular weight excluding hydrogens is 330 g/mol. The van der Waals surface area contributed by atoms with E-state index >= 15 is 0 Å². The van der Waals surface area contributed by atoms with Crippen molar-refractivity contribution < 1.29 is 17.8 Å². The quantitative estimate of drug-likeness (QED) is 0.737. The van der Waals surface area contributed by atoms with Crippen LogP contribution in [0.4, 0.5) is 0 Å². The Labute approximate surface area is 139 Å². The van der Waals surface area contributed by atoms with Crippen LogP contribution in [0.2, 0.25) is 0 Å². The molecule has 1 N–H and O–H groups in total. The van der Waals surface area contributed by atoms with Crippen molar-refractivity contribution in [1.29, 1.82) is 0 Å². The first kappa shape index (κ1) is 16.4. The summed E-state index contributed by atoms with van der Waals surface area (Å²) >= 11 is 0. The zero-order chi connectivity index (χ0) is 17.2. The molecule has 7 nitrogen and oxygen atoms in total. The van der Waals surface area contributed by atoms with E-state index in [2.05, 4.69) is 19.7 Å². The third-order valence-electron chi connectivity index (χ3n) is 3.56. The Morgan fingerprint density at radius 1 is 1.17 bits per heavy atom. The van der Waals surface area contributed by atoms with Gasteiger partial charge in [-0.1, -0.05) is 18.2 Å². The third-order valence-corrected chi connectivity index (χ3v) is 5.13. The lowest BCUT2D eigenvalue weighted by molar-refractivity contribution is 0.315. The van der Waals surface area contributed by atoms with Gasteiger partial charge in [-0.2, -0.15) is 0 Å². The van der Waals surface area contributed by atoms with Crippen molar-refractivity contribution in [2.75, 3.05) is 6.61 Å². The van der Waals surface area contributed by atoms with Crippen LogP contribution in [0.15, 0.2) is 52.0 Å². The summed E-state index contributed by atoms with van der Waals surface area (Å²) in [6, 6.07) is 11.6. The summed E-state index contributed by atoms with van der Waals surface area (Å²) in [6.45, 7) is 4.26. The zero-order valence-corrected chi connectivity index (χ0v) is 14.1. The van der Waals surface area contributed by atoms with E-state index in [0.717, 1.165) is 11.3 Å². The first-order valence-corrected chi connectivity index (χ1v) is 8.96. The van der Waals surface area contributed by atoms with Crippen molar-refractivity contribution in [3.8, 4) is 5.75 Å². The molecule has 0 saturated heterocycles. The predicted molar refractivity (Wildman–Crippen MR) is 88.2 cm³/mol. The number of nitrogens with one attached hydrogen (secondary N) is 1. The van der Waals surface area contributed by atoms with Crippen LogP contribution >= 0.6 is 0 Å². The SMILES string of the molecule is CCOc1ccc([C@@H](C)NS(=O)(=O)c2cccc3nonc23)cc1. The molecule has 1 heterocycles. The van der Waals surface area contributed by atoms with E-state index in [-0.39, 0.29) is 10.4 Å². The van der Waals surface area contributed by atoms with Gasteiger partial charge in [0.25, 0.3) is 0 Å². The Bertz CT molecular complexity index is 935. The van der Waals surface area contributed by atoms with Gasteiger partial charge in [-0.15, -0.1) is 0 Å². The van der Waals surface area contributed by atoms with Crippen LogP contribution in [0.1, 0.15) is 25.5 Å². The number of rotatable bonds is 6. The van der Waals surface area contributed by atoms with E-state index in [1.165, 1.54) is 6.07 Å². The van der Waals surface area contributed by atoms with Gasteiger partial charge in [0.15, 0.2) is 5.52 Å². The molecule has 1 aromatic heterocycles. The number of ether oxygens (including phenoxy) is 1. The predicted octanol–water partition coefficient (Wildman–Crippen LogP) is 2.66. The molecule has 0 fully saturated rings. The summed E-state index contributed by atoms with van der Waals surface area (Å²) in [6.07, 6.45) is 0. The van der Waals surface area contributed by atoms with Crippen LogP contribution < -0.4 is 9.46 Å². The lowest BCUT2D eigenvalue weighted by Crippen LogP contribution is -2.27. The van der Waals surface area contributed by atoms with Crippen LogP contribution in [0.25, 0.3) is 11.0 Å². The summed E-state index contributed by atoms with van der Waals surface area (Å²) in [7, 11) is -3.77. The second-order valence-electron chi connectivity index (χ2n) is 5.23. The fourth-order valence-electron chi connectivity index (χ4n) is 2.38. The van der Waals surface area contributed by atoms with Gasteiger partial charge in [-0.05, 0) is 54.0 Å². The third kappa shape index (κ3) is 3.24. The van der Waals surface area contributed by atoms with Crippen molar-refractivity contribution in [2.45, 2.75) is 24.8 Å². The smallest absolute Gasteiger partial charge is 0.243 e. The minimum absolute atomic E-state index is 0.0408. The Kier molecular flexibility index (Phi) is 4.50. The Balaban J connectivity index is 1.84. The van der Waals surface area contributed by atoms with Gasteiger partial charge in [0.1, 0.15) is 16.2 Å². The van der Waals surface area contributed by atoms with Gasteiger partial charge < -0.3 is 4.74 Å². The van der Waals surface area contributed by atoms with Crippen LogP contribution in [0.3, 0.4) is 0 Å². The topological polar surface area (TPSA) is 94.3 Å². The molecule has 0 unspecified atom stereocenters. The first-order valence-electron chi connectivity index (χ1n) is 7.47. The molecule has 2 aromatic carbocycles. The molecule has 0 radical (unpaired) electrons. The molecule has 1 atom stereocenters. The molecule has 0 saturated carbocycles. The molecule has 24 heavy (non-hydrogen) atoms. The van der Waals surface area contributed by atoms with E-state index in [0.29, 0.717) is 12.1 Å². The number of sulfonamides is 1. The van der Waals surface area contributed by atoms with Crippen molar-refractivity contribution in [3.63, 3.8) is 0 Å². The summed E-state index contributed by atoms with van der Waals surface area (Å²) in [5, 5.41) is 7.34. The van der Waals surface area contributed by atoms with Crippen LogP contribution in [-0.2, 0) is 10.0 Å². The molecule has 126 valence electrons. The molecule has 3 rings (SSSR count). The summed E-state index contributed by atoms with van der Waals surface area (Å²) < 4.78 is 38.0. The maximum Gasteiger partial charge on any atom is 0.243 e. The van der Waals surface area contributed by atoms with Crippen LogP contribution in [-0.4, -0.2) is 25.3 Å². The van der Waals surface area contributed by atoms with Gasteiger partial charge in [0, 0.05) is 6.04 Å². The summed E-state index contributed by atoms with van der Waals surface area (Å²) in [4.78, 5) is 0.0408. The summed E-state index contributed by atoms with van der Waals surface area (Å²) in [5.41, 5.74) is 1.43. The zero-order valence-electron chi connectivity index (χ0n) is 13.3. The molecule has 8 heteroatoms. The van der Waals surface area contributed by atoms with E-state index in [1.807, 2.05) is 31.2 Å². The highest BCUT2D eigenvalue weighted by atomic mass is 32.2. The van der Waals surface area contributed by atoms with Crippen LogP contribution in [0, 0.1) is 0 Å². The van der Waals surface area contributed by atoms with Crippen molar-refractivity contribution in [2.24, 2.45) is 0 Å². The van der Waals surface area contributed by atoms with E-state index in [1.54, 1.807) is 19.1 Å². The lowest BCUT2D eigenvalue weighted by atomic mass is 10.1. The van der Waals surface area contributed by atoms with Crippen LogP contribution in [0.5, 0.6) is 5.75 Å². The maximum atomic E-state index is 12.7. The molecule has 3 aromatic rings. The Morgan fingerprint density at radius 2 is 1.92 bits per heavy atom. The highest BCUT2D eigenvalue weighted by Crippen LogP contribution is 2.23. The highest BCUT2D eigenvalue weighted by molar-refractivity contribution is 7.89. The monoisotopic (exact) mass is 347 g/mol. The normalized spacial score (nSPS) is 13.1. The fraction of sp³-hybridized carbons (Fsp3) is 0.250. The molecule has 0 spiro atoms. The van der Waals surface area contributed by atoms with Crippen molar-refractivity contribution >= 4 is 21.1 Å². The molecule has 0 aliphatic rings. The van der Waals surface area contributed by atoms with Crippen molar-refractivity contribution in [3.05, 3.63) is 48.0 Å². The first-order chi connectivity index (χ1) is 11.5. The summed E-state index contributed by atoms with van der Waals surface area (Å²) in [5.74, 6) is 0.745. The number of nitrogens with zero attached hydrogens (tertiary/aromatic N) is 2. The van der Waals surface area contributed by atoms with Gasteiger partial charge in [0.05, 0.1) is 6.61 Å². The largest absolute Gasteiger partial charge is 0.494 e. The van der Waals surface area contributed by atoms with Gasteiger partial charge in [0.2, 0.25) is 10.0 Å². The van der Waals surface area contributed by atoms with E-state index in [9.17, 15) is 8.42 Å². The number of hydrogen-bond donors (Lipinski definition) is 1. The molecule has 0 bridgehead atoms. The molecular formula is C16H17N3O4S. The van der Waals surface area contributed by atoms with Crippen molar-refractivity contribution in [1.82, 2.24) is 15.0 Å². The number of aromatic nitrogens is 2. The number of benzene rings is 2. The maximum absolute atomic E-state index is 12.7. The minimum Gasteiger partial charge on any atom is -0.494 e. The Hall–Kier alpha value is -2.45. The molecule has 0 aliphatic heterocycles. The standard InChI is InChI=1S/C16H17N3O4S/c1-3-22-13-9-7-12(8-10-13)11(2)19-24(20,21)15-6-4-5-14-16(15)18-23-17-14/h4-11,19H,3H2,1-2H3/t11-/m1/s1.